The van der Waals surface area contributed by atoms with Gasteiger partial charge in [0.1, 0.15) is 0 Å². The largest absolute Gasteiger partial charge is 0.416 e. The zero-order valence-electron chi connectivity index (χ0n) is 10.5. The molecule has 0 spiro atoms. The molecule has 1 saturated heterocycles. The molecule has 6 heteroatoms. The molecule has 0 atom stereocenters. The second kappa shape index (κ2) is 5.48. The van der Waals surface area contributed by atoms with Gasteiger partial charge < -0.3 is 0 Å². The van der Waals surface area contributed by atoms with Gasteiger partial charge in [0.05, 0.1) is 5.56 Å². The van der Waals surface area contributed by atoms with E-state index >= 15 is 0 Å². The Balaban J connectivity index is 2.11. The van der Waals surface area contributed by atoms with E-state index in [1.54, 1.807) is 0 Å². The van der Waals surface area contributed by atoms with Gasteiger partial charge in [-0.2, -0.15) is 13.2 Å². The number of rotatable bonds is 2. The van der Waals surface area contributed by atoms with Gasteiger partial charge in [-0.25, -0.2) is 0 Å². The van der Waals surface area contributed by atoms with E-state index in [0.717, 1.165) is 23.1 Å². The lowest BCUT2D eigenvalue weighted by Gasteiger charge is -2.10. The highest BCUT2D eigenvalue weighted by Gasteiger charge is 2.30. The highest BCUT2D eigenvalue weighted by Crippen LogP contribution is 2.29. The highest BCUT2D eigenvalue weighted by molar-refractivity contribution is 6.03. The van der Waals surface area contributed by atoms with Gasteiger partial charge in [0.25, 0.3) is 5.91 Å². The van der Waals surface area contributed by atoms with E-state index in [1.807, 2.05) is 0 Å². The monoisotopic (exact) mass is 283 g/mol. The Morgan fingerprint density at radius 1 is 1.30 bits per heavy atom. The minimum absolute atomic E-state index is 0.247. The Labute approximate surface area is 113 Å². The van der Waals surface area contributed by atoms with Crippen LogP contribution in [0.5, 0.6) is 0 Å². The fourth-order valence-electron chi connectivity index (χ4n) is 1.96. The van der Waals surface area contributed by atoms with Crippen molar-refractivity contribution in [3.05, 3.63) is 41.5 Å². The maximum atomic E-state index is 12.5. The van der Waals surface area contributed by atoms with Crippen molar-refractivity contribution in [2.75, 3.05) is 6.54 Å². The second-order valence-electron chi connectivity index (χ2n) is 4.44. The lowest BCUT2D eigenvalue weighted by Crippen LogP contribution is -2.30. The third-order valence-electron chi connectivity index (χ3n) is 2.97. The third kappa shape index (κ3) is 3.26. The van der Waals surface area contributed by atoms with Crippen molar-refractivity contribution in [1.29, 1.82) is 0 Å². The first-order chi connectivity index (χ1) is 9.38. The van der Waals surface area contributed by atoms with E-state index in [1.165, 1.54) is 18.2 Å². The van der Waals surface area contributed by atoms with Crippen molar-refractivity contribution < 1.29 is 22.8 Å². The van der Waals surface area contributed by atoms with Crippen molar-refractivity contribution in [2.24, 2.45) is 0 Å². The molecule has 0 aliphatic carbocycles. The Morgan fingerprint density at radius 2 is 2.05 bits per heavy atom. The number of nitrogens with zero attached hydrogens (tertiary/aromatic N) is 1. The standard InChI is InChI=1S/C14H12F3NO2/c15-14(16,17)11-4-1-3-10(9-11)6-7-13(20)18-8-2-5-12(18)19/h1,3-4,6-7,9H,2,5,8H2/b7-6+. The number of likely N-dealkylation sites (tertiary alicyclic amines) is 1. The zero-order chi connectivity index (χ0) is 14.8. The minimum atomic E-state index is -4.42. The number of benzene rings is 1. The summed E-state index contributed by atoms with van der Waals surface area (Å²) in [7, 11) is 0. The van der Waals surface area contributed by atoms with Gasteiger partial charge in [-0.15, -0.1) is 0 Å². The molecule has 1 aromatic carbocycles. The van der Waals surface area contributed by atoms with E-state index < -0.39 is 17.6 Å². The first kappa shape index (κ1) is 14.3. The molecular formula is C14H12F3NO2. The molecule has 1 heterocycles. The SMILES string of the molecule is O=C(/C=C/c1cccc(C(F)(F)F)c1)N1CCCC1=O. The Hall–Kier alpha value is -2.11. The number of carbonyl (C=O) groups is 2. The summed E-state index contributed by atoms with van der Waals surface area (Å²) in [6.45, 7) is 0.366. The van der Waals surface area contributed by atoms with Crippen LogP contribution in [0.15, 0.2) is 30.3 Å². The summed E-state index contributed by atoms with van der Waals surface area (Å²) in [5.41, 5.74) is -0.510. The third-order valence-corrected chi connectivity index (χ3v) is 2.97. The number of hydrogen-bond acceptors (Lipinski definition) is 2. The molecule has 0 N–H and O–H groups in total. The lowest BCUT2D eigenvalue weighted by molar-refractivity contribution is -0.139. The predicted octanol–water partition coefficient (Wildman–Crippen LogP) is 2.87. The summed E-state index contributed by atoms with van der Waals surface area (Å²) < 4.78 is 37.6. The van der Waals surface area contributed by atoms with E-state index in [0.29, 0.717) is 19.4 Å². The number of amides is 2. The Kier molecular flexibility index (Phi) is 3.92. The van der Waals surface area contributed by atoms with Gasteiger partial charge in [-0.3, -0.25) is 14.5 Å². The van der Waals surface area contributed by atoms with Crippen LogP contribution in [-0.4, -0.2) is 23.3 Å². The Morgan fingerprint density at radius 3 is 2.65 bits per heavy atom. The molecule has 0 saturated carbocycles. The van der Waals surface area contributed by atoms with Crippen LogP contribution in [0.2, 0.25) is 0 Å². The molecule has 0 aromatic heterocycles. The quantitative estimate of drug-likeness (QED) is 0.783. The van der Waals surface area contributed by atoms with Crippen LogP contribution < -0.4 is 0 Å². The van der Waals surface area contributed by atoms with Crippen molar-refractivity contribution >= 4 is 17.9 Å². The van der Waals surface area contributed by atoms with Crippen LogP contribution in [-0.2, 0) is 15.8 Å². The average molecular weight is 283 g/mol. The predicted molar refractivity (Wildman–Crippen MR) is 66.4 cm³/mol. The maximum Gasteiger partial charge on any atom is 0.416 e. The van der Waals surface area contributed by atoms with Gasteiger partial charge in [0.2, 0.25) is 5.91 Å². The van der Waals surface area contributed by atoms with Gasteiger partial charge in [-0.05, 0) is 30.2 Å². The Bertz CT molecular complexity index is 564. The van der Waals surface area contributed by atoms with Crippen LogP contribution >= 0.6 is 0 Å². The number of alkyl halides is 3. The second-order valence-corrected chi connectivity index (χ2v) is 4.44. The zero-order valence-corrected chi connectivity index (χ0v) is 10.5. The first-order valence-corrected chi connectivity index (χ1v) is 6.07. The number of carbonyl (C=O) groups excluding carboxylic acids is 2. The van der Waals surface area contributed by atoms with Crippen molar-refractivity contribution in [3.63, 3.8) is 0 Å². The molecule has 3 nitrogen and oxygen atoms in total. The van der Waals surface area contributed by atoms with E-state index in [4.69, 9.17) is 0 Å². The fourth-order valence-corrected chi connectivity index (χ4v) is 1.96. The van der Waals surface area contributed by atoms with Crippen molar-refractivity contribution in [3.8, 4) is 0 Å². The first-order valence-electron chi connectivity index (χ1n) is 6.07. The minimum Gasteiger partial charge on any atom is -0.279 e. The highest BCUT2D eigenvalue weighted by atomic mass is 19.4. The normalized spacial score (nSPS) is 16.1. The summed E-state index contributed by atoms with van der Waals surface area (Å²) in [6.07, 6.45) is -1.05. The summed E-state index contributed by atoms with van der Waals surface area (Å²) in [6, 6.07) is 4.65. The molecule has 0 radical (unpaired) electrons. The van der Waals surface area contributed by atoms with Crippen LogP contribution in [0.4, 0.5) is 13.2 Å². The van der Waals surface area contributed by atoms with E-state index in [9.17, 15) is 22.8 Å². The lowest BCUT2D eigenvalue weighted by atomic mass is 10.1. The molecule has 1 aliphatic rings. The molecular weight excluding hydrogens is 271 g/mol. The molecule has 0 unspecified atom stereocenters. The van der Waals surface area contributed by atoms with Crippen LogP contribution in [0.25, 0.3) is 6.08 Å². The number of imide groups is 1. The maximum absolute atomic E-state index is 12.5. The molecule has 2 rings (SSSR count). The van der Waals surface area contributed by atoms with Crippen LogP contribution in [0.1, 0.15) is 24.0 Å². The fraction of sp³-hybridized carbons (Fsp3) is 0.286. The van der Waals surface area contributed by atoms with Crippen LogP contribution in [0.3, 0.4) is 0 Å². The number of halogens is 3. The van der Waals surface area contributed by atoms with Crippen LogP contribution in [0, 0.1) is 0 Å². The van der Waals surface area contributed by atoms with Gasteiger partial charge in [0.15, 0.2) is 0 Å². The smallest absolute Gasteiger partial charge is 0.279 e. The molecule has 2 amide bonds. The van der Waals surface area contributed by atoms with Crippen molar-refractivity contribution in [1.82, 2.24) is 4.90 Å². The summed E-state index contributed by atoms with van der Waals surface area (Å²) >= 11 is 0. The van der Waals surface area contributed by atoms with Gasteiger partial charge in [-0.1, -0.05) is 12.1 Å². The topological polar surface area (TPSA) is 37.4 Å². The van der Waals surface area contributed by atoms with E-state index in [2.05, 4.69) is 0 Å². The average Bonchev–Trinajstić information content (AvgIpc) is 2.82. The molecule has 1 aromatic rings. The molecule has 20 heavy (non-hydrogen) atoms. The molecule has 0 bridgehead atoms. The summed E-state index contributed by atoms with van der Waals surface area (Å²) in [5.74, 6) is -0.742. The number of hydrogen-bond donors (Lipinski definition) is 0. The molecule has 106 valence electrons. The van der Waals surface area contributed by atoms with Gasteiger partial charge in [0, 0.05) is 19.0 Å². The summed E-state index contributed by atoms with van der Waals surface area (Å²) in [4.78, 5) is 24.1. The molecule has 1 aliphatic heterocycles. The van der Waals surface area contributed by atoms with Gasteiger partial charge >= 0.3 is 6.18 Å². The van der Waals surface area contributed by atoms with E-state index in [-0.39, 0.29) is 11.5 Å². The summed E-state index contributed by atoms with van der Waals surface area (Å²) in [5, 5.41) is 0. The van der Waals surface area contributed by atoms with Crippen molar-refractivity contribution in [2.45, 2.75) is 19.0 Å². The molecule has 1 fully saturated rings.